The van der Waals surface area contributed by atoms with Crippen molar-refractivity contribution >= 4 is 5.71 Å². The van der Waals surface area contributed by atoms with Gasteiger partial charge in [-0.25, -0.2) is 0 Å². The second-order valence-corrected chi connectivity index (χ2v) is 4.25. The average Bonchev–Trinajstić information content (AvgIpc) is 3.05. The lowest BCUT2D eigenvalue weighted by atomic mass is 10.1. The van der Waals surface area contributed by atoms with Gasteiger partial charge in [-0.2, -0.15) is 0 Å². The second-order valence-electron chi connectivity index (χ2n) is 4.25. The Morgan fingerprint density at radius 2 is 2.31 bits per heavy atom. The summed E-state index contributed by atoms with van der Waals surface area (Å²) < 4.78 is 11.0. The van der Waals surface area contributed by atoms with Gasteiger partial charge in [0.25, 0.3) is 0 Å². The SMILES string of the molecule is O/N=C1/COc2cc(OCC3CC3)ccc21. The van der Waals surface area contributed by atoms with Crippen LogP contribution < -0.4 is 9.47 Å². The molecule has 1 aromatic carbocycles. The van der Waals surface area contributed by atoms with Gasteiger partial charge in [0.1, 0.15) is 23.8 Å². The van der Waals surface area contributed by atoms with Gasteiger partial charge in [0.05, 0.1) is 6.61 Å². The third-order valence-corrected chi connectivity index (χ3v) is 2.93. The van der Waals surface area contributed by atoms with Crippen LogP contribution in [0.15, 0.2) is 23.4 Å². The summed E-state index contributed by atoms with van der Waals surface area (Å²) >= 11 is 0. The van der Waals surface area contributed by atoms with Gasteiger partial charge in [0.2, 0.25) is 0 Å². The molecule has 1 N–H and O–H groups in total. The smallest absolute Gasteiger partial charge is 0.134 e. The highest BCUT2D eigenvalue weighted by Crippen LogP contribution is 2.32. The Kier molecular flexibility index (Phi) is 2.20. The largest absolute Gasteiger partial charge is 0.493 e. The van der Waals surface area contributed by atoms with Crippen molar-refractivity contribution in [2.75, 3.05) is 13.2 Å². The molecule has 3 rings (SSSR count). The number of rotatable bonds is 3. The summed E-state index contributed by atoms with van der Waals surface area (Å²) in [6.45, 7) is 1.12. The van der Waals surface area contributed by atoms with Gasteiger partial charge in [-0.1, -0.05) is 5.16 Å². The molecule has 0 bridgehead atoms. The van der Waals surface area contributed by atoms with Crippen molar-refractivity contribution in [1.82, 2.24) is 0 Å². The van der Waals surface area contributed by atoms with Gasteiger partial charge >= 0.3 is 0 Å². The van der Waals surface area contributed by atoms with Gasteiger partial charge in [-0.15, -0.1) is 0 Å². The monoisotopic (exact) mass is 219 g/mol. The molecule has 84 valence electrons. The summed E-state index contributed by atoms with van der Waals surface area (Å²) in [6, 6.07) is 5.62. The Labute approximate surface area is 93.5 Å². The number of nitrogens with zero attached hydrogens (tertiary/aromatic N) is 1. The fourth-order valence-corrected chi connectivity index (χ4v) is 1.76. The van der Waals surface area contributed by atoms with Crippen molar-refractivity contribution in [3.05, 3.63) is 23.8 Å². The van der Waals surface area contributed by atoms with E-state index in [0.717, 1.165) is 29.6 Å². The molecule has 0 unspecified atom stereocenters. The minimum atomic E-state index is 0.331. The zero-order chi connectivity index (χ0) is 11.0. The Balaban J connectivity index is 1.77. The predicted octanol–water partition coefficient (Wildman–Crippen LogP) is 2.05. The molecule has 1 saturated carbocycles. The number of benzene rings is 1. The molecular formula is C12H13NO3. The number of ether oxygens (including phenoxy) is 2. The lowest BCUT2D eigenvalue weighted by Gasteiger charge is -2.06. The third kappa shape index (κ3) is 1.71. The molecule has 1 aliphatic carbocycles. The van der Waals surface area contributed by atoms with Crippen molar-refractivity contribution in [2.45, 2.75) is 12.8 Å². The molecule has 0 aromatic heterocycles. The van der Waals surface area contributed by atoms with Crippen LogP contribution in [0, 0.1) is 5.92 Å². The minimum Gasteiger partial charge on any atom is -0.493 e. The third-order valence-electron chi connectivity index (χ3n) is 2.93. The van der Waals surface area contributed by atoms with Crippen LogP contribution in [0.4, 0.5) is 0 Å². The van der Waals surface area contributed by atoms with Crippen molar-refractivity contribution in [1.29, 1.82) is 0 Å². The lowest BCUT2D eigenvalue weighted by molar-refractivity contribution is 0.297. The highest BCUT2D eigenvalue weighted by atomic mass is 16.5. The van der Waals surface area contributed by atoms with Crippen LogP contribution in [0.1, 0.15) is 18.4 Å². The molecule has 0 radical (unpaired) electrons. The second kappa shape index (κ2) is 3.70. The van der Waals surface area contributed by atoms with Gasteiger partial charge in [0, 0.05) is 11.6 Å². The number of hydrogen-bond acceptors (Lipinski definition) is 4. The summed E-state index contributed by atoms with van der Waals surface area (Å²) in [4.78, 5) is 0. The van der Waals surface area contributed by atoms with Crippen LogP contribution >= 0.6 is 0 Å². The standard InChI is InChI=1S/C12H13NO3/c14-13-11-7-16-12-5-9(3-4-10(11)12)15-6-8-1-2-8/h3-5,8,14H,1-2,6-7H2/b13-11-. The Morgan fingerprint density at radius 1 is 1.44 bits per heavy atom. The van der Waals surface area contributed by atoms with E-state index in [0.29, 0.717) is 12.3 Å². The van der Waals surface area contributed by atoms with Crippen LogP contribution in [-0.4, -0.2) is 24.1 Å². The first-order chi connectivity index (χ1) is 7.86. The topological polar surface area (TPSA) is 51.1 Å². The normalized spacial score (nSPS) is 20.6. The van der Waals surface area contributed by atoms with E-state index < -0.39 is 0 Å². The van der Waals surface area contributed by atoms with Crippen molar-refractivity contribution < 1.29 is 14.7 Å². The van der Waals surface area contributed by atoms with E-state index in [2.05, 4.69) is 5.16 Å². The summed E-state index contributed by atoms with van der Waals surface area (Å²) in [5.41, 5.74) is 1.42. The summed E-state index contributed by atoms with van der Waals surface area (Å²) in [5, 5.41) is 11.9. The molecular weight excluding hydrogens is 206 g/mol. The fraction of sp³-hybridized carbons (Fsp3) is 0.417. The number of hydrogen-bond donors (Lipinski definition) is 1. The molecule has 0 amide bonds. The maximum atomic E-state index is 8.74. The van der Waals surface area contributed by atoms with E-state index >= 15 is 0 Å². The van der Waals surface area contributed by atoms with Crippen LogP contribution in [0.25, 0.3) is 0 Å². The molecule has 2 aliphatic rings. The van der Waals surface area contributed by atoms with E-state index in [4.69, 9.17) is 14.7 Å². The van der Waals surface area contributed by atoms with E-state index in [1.807, 2.05) is 18.2 Å². The minimum absolute atomic E-state index is 0.331. The number of oxime groups is 1. The highest BCUT2D eigenvalue weighted by Gasteiger charge is 2.23. The summed E-state index contributed by atoms with van der Waals surface area (Å²) in [6.07, 6.45) is 2.56. The maximum Gasteiger partial charge on any atom is 0.134 e. The summed E-state index contributed by atoms with van der Waals surface area (Å²) in [7, 11) is 0. The first-order valence-corrected chi connectivity index (χ1v) is 5.48. The zero-order valence-electron chi connectivity index (χ0n) is 8.85. The molecule has 0 spiro atoms. The number of fused-ring (bicyclic) bond motifs is 1. The first kappa shape index (κ1) is 9.51. The molecule has 0 atom stereocenters. The van der Waals surface area contributed by atoms with Gasteiger partial charge < -0.3 is 14.7 Å². The fourth-order valence-electron chi connectivity index (χ4n) is 1.76. The van der Waals surface area contributed by atoms with Gasteiger partial charge in [0.15, 0.2) is 0 Å². The molecule has 1 aliphatic heterocycles. The molecule has 4 nitrogen and oxygen atoms in total. The maximum absolute atomic E-state index is 8.74. The zero-order valence-corrected chi connectivity index (χ0v) is 8.85. The van der Waals surface area contributed by atoms with E-state index in [9.17, 15) is 0 Å². The van der Waals surface area contributed by atoms with Crippen molar-refractivity contribution in [3.8, 4) is 11.5 Å². The molecule has 4 heteroatoms. The van der Waals surface area contributed by atoms with E-state index in [-0.39, 0.29) is 0 Å². The van der Waals surface area contributed by atoms with Gasteiger partial charge in [-0.05, 0) is 30.9 Å². The molecule has 16 heavy (non-hydrogen) atoms. The predicted molar refractivity (Wildman–Crippen MR) is 58.5 cm³/mol. The summed E-state index contributed by atoms with van der Waals surface area (Å²) in [5.74, 6) is 2.30. The molecule has 1 fully saturated rings. The Hall–Kier alpha value is -1.71. The van der Waals surface area contributed by atoms with Gasteiger partial charge in [-0.3, -0.25) is 0 Å². The van der Waals surface area contributed by atoms with Crippen molar-refractivity contribution in [2.24, 2.45) is 11.1 Å². The molecule has 1 heterocycles. The quantitative estimate of drug-likeness (QED) is 0.625. The van der Waals surface area contributed by atoms with Crippen LogP contribution in [0.2, 0.25) is 0 Å². The Morgan fingerprint density at radius 3 is 3.06 bits per heavy atom. The van der Waals surface area contributed by atoms with E-state index in [1.165, 1.54) is 12.8 Å². The Bertz CT molecular complexity index is 438. The lowest BCUT2D eigenvalue weighted by Crippen LogP contribution is -2.01. The molecule has 0 saturated heterocycles. The molecule has 1 aromatic rings. The van der Waals surface area contributed by atoms with Crippen LogP contribution in [-0.2, 0) is 0 Å². The van der Waals surface area contributed by atoms with Crippen LogP contribution in [0.5, 0.6) is 11.5 Å². The first-order valence-electron chi connectivity index (χ1n) is 5.48. The van der Waals surface area contributed by atoms with Crippen LogP contribution in [0.3, 0.4) is 0 Å². The van der Waals surface area contributed by atoms with E-state index in [1.54, 1.807) is 0 Å². The average molecular weight is 219 g/mol. The van der Waals surface area contributed by atoms with Crippen molar-refractivity contribution in [3.63, 3.8) is 0 Å². The highest BCUT2D eigenvalue weighted by molar-refractivity contribution is 6.05.